The largest absolute Gasteiger partial charge is 0.304 e. The van der Waals surface area contributed by atoms with Crippen LogP contribution in [0.3, 0.4) is 0 Å². The third-order valence-electron chi connectivity index (χ3n) is 3.13. The molecule has 0 spiro atoms. The minimum absolute atomic E-state index is 0.758. The fourth-order valence-electron chi connectivity index (χ4n) is 2.21. The Morgan fingerprint density at radius 1 is 1.10 bits per heavy atom. The van der Waals surface area contributed by atoms with Crippen LogP contribution in [-0.4, -0.2) is 15.8 Å². The number of nitrogens with zero attached hydrogens (tertiary/aromatic N) is 3. The van der Waals surface area contributed by atoms with Crippen LogP contribution in [0, 0.1) is 0 Å². The Morgan fingerprint density at radius 3 is 2.65 bits per heavy atom. The summed E-state index contributed by atoms with van der Waals surface area (Å²) in [6.07, 6.45) is 1.71. The summed E-state index contributed by atoms with van der Waals surface area (Å²) >= 11 is 0. The second-order valence-corrected chi connectivity index (χ2v) is 4.49. The molecule has 0 aliphatic rings. The van der Waals surface area contributed by atoms with Crippen molar-refractivity contribution >= 4 is 23.2 Å². The van der Waals surface area contributed by atoms with Gasteiger partial charge in [-0.1, -0.05) is 42.5 Å². The average Bonchev–Trinajstić information content (AvgIpc) is 2.84. The summed E-state index contributed by atoms with van der Waals surface area (Å²) in [6, 6.07) is 18.5. The molecule has 1 aromatic heterocycles. The predicted octanol–water partition coefficient (Wildman–Crippen LogP) is 3.50. The maximum absolute atomic E-state index is 4.58. The maximum Gasteiger partial charge on any atom is 0.225 e. The van der Waals surface area contributed by atoms with Gasteiger partial charge in [0, 0.05) is 6.21 Å². The average molecular weight is 264 g/mol. The van der Waals surface area contributed by atoms with E-state index in [0.29, 0.717) is 0 Å². The highest BCUT2D eigenvalue weighted by Gasteiger charge is 2.09. The first-order valence-corrected chi connectivity index (χ1v) is 6.61. The van der Waals surface area contributed by atoms with E-state index in [4.69, 9.17) is 0 Å². The lowest BCUT2D eigenvalue weighted by atomic mass is 10.2. The van der Waals surface area contributed by atoms with Gasteiger partial charge in [0.05, 0.1) is 17.6 Å². The second kappa shape index (κ2) is 5.57. The van der Waals surface area contributed by atoms with Gasteiger partial charge in [0.15, 0.2) is 0 Å². The number of para-hydroxylation sites is 2. The molecule has 1 heterocycles. The normalized spacial score (nSPS) is 11.2. The van der Waals surface area contributed by atoms with E-state index in [-0.39, 0.29) is 0 Å². The predicted molar refractivity (Wildman–Crippen MR) is 83.1 cm³/mol. The van der Waals surface area contributed by atoms with E-state index in [9.17, 15) is 0 Å². The standard InChI is InChI=1S/C16H16N4/c1-2-17-19-16-18-14-10-6-7-11-15(14)20(16)12-13-8-4-3-5-9-13/h2-11H,12H2,1H3,(H,18,19). The van der Waals surface area contributed by atoms with Crippen LogP contribution in [0.1, 0.15) is 12.5 Å². The first-order valence-electron chi connectivity index (χ1n) is 6.61. The molecule has 4 nitrogen and oxygen atoms in total. The molecule has 0 aliphatic carbocycles. The summed E-state index contributed by atoms with van der Waals surface area (Å²) in [5.74, 6) is 0.758. The van der Waals surface area contributed by atoms with Crippen molar-refractivity contribution in [1.82, 2.24) is 9.55 Å². The molecular weight excluding hydrogens is 248 g/mol. The van der Waals surface area contributed by atoms with Crippen molar-refractivity contribution < 1.29 is 0 Å². The van der Waals surface area contributed by atoms with E-state index in [0.717, 1.165) is 23.5 Å². The van der Waals surface area contributed by atoms with Crippen molar-refractivity contribution in [3.63, 3.8) is 0 Å². The zero-order valence-corrected chi connectivity index (χ0v) is 11.3. The van der Waals surface area contributed by atoms with Crippen molar-refractivity contribution in [3.8, 4) is 0 Å². The molecule has 1 N–H and O–H groups in total. The summed E-state index contributed by atoms with van der Waals surface area (Å²) in [6.45, 7) is 2.64. The Bertz CT molecular complexity index is 729. The van der Waals surface area contributed by atoms with Crippen LogP contribution in [0.2, 0.25) is 0 Å². The lowest BCUT2D eigenvalue weighted by Crippen LogP contribution is -2.04. The van der Waals surface area contributed by atoms with Crippen LogP contribution in [-0.2, 0) is 6.54 Å². The van der Waals surface area contributed by atoms with Gasteiger partial charge in [0.1, 0.15) is 0 Å². The quantitative estimate of drug-likeness (QED) is 0.579. The molecule has 20 heavy (non-hydrogen) atoms. The number of benzene rings is 2. The summed E-state index contributed by atoms with van der Waals surface area (Å²) in [4.78, 5) is 4.58. The van der Waals surface area contributed by atoms with Gasteiger partial charge in [-0.2, -0.15) is 5.10 Å². The van der Waals surface area contributed by atoms with E-state index in [1.54, 1.807) is 6.21 Å². The highest BCUT2D eigenvalue weighted by atomic mass is 15.4. The first-order chi connectivity index (χ1) is 9.88. The minimum Gasteiger partial charge on any atom is -0.304 e. The number of rotatable bonds is 4. The van der Waals surface area contributed by atoms with E-state index in [1.165, 1.54) is 5.56 Å². The van der Waals surface area contributed by atoms with Crippen molar-refractivity contribution in [2.45, 2.75) is 13.5 Å². The molecule has 2 aromatic carbocycles. The number of anilines is 1. The van der Waals surface area contributed by atoms with Gasteiger partial charge in [-0.3, -0.25) is 0 Å². The van der Waals surface area contributed by atoms with Gasteiger partial charge >= 0.3 is 0 Å². The molecule has 0 aliphatic heterocycles. The zero-order chi connectivity index (χ0) is 13.8. The molecule has 0 unspecified atom stereocenters. The molecule has 0 saturated heterocycles. The molecule has 0 fully saturated rings. The Hall–Kier alpha value is -2.62. The van der Waals surface area contributed by atoms with E-state index in [2.05, 4.69) is 38.3 Å². The van der Waals surface area contributed by atoms with Crippen LogP contribution >= 0.6 is 0 Å². The van der Waals surface area contributed by atoms with Gasteiger partial charge in [-0.25, -0.2) is 10.4 Å². The Labute approximate surface area is 117 Å². The van der Waals surface area contributed by atoms with Gasteiger partial charge in [-0.05, 0) is 24.6 Å². The molecule has 0 bridgehead atoms. The van der Waals surface area contributed by atoms with Crippen LogP contribution in [0.15, 0.2) is 59.7 Å². The van der Waals surface area contributed by atoms with Crippen molar-refractivity contribution in [2.75, 3.05) is 5.43 Å². The molecule has 0 saturated carbocycles. The second-order valence-electron chi connectivity index (χ2n) is 4.49. The highest BCUT2D eigenvalue weighted by Crippen LogP contribution is 2.21. The smallest absolute Gasteiger partial charge is 0.225 e. The maximum atomic E-state index is 4.58. The lowest BCUT2D eigenvalue weighted by molar-refractivity contribution is 0.828. The Morgan fingerprint density at radius 2 is 1.85 bits per heavy atom. The fraction of sp³-hybridized carbons (Fsp3) is 0.125. The molecule has 3 rings (SSSR count). The van der Waals surface area contributed by atoms with Gasteiger partial charge in [0.2, 0.25) is 5.95 Å². The van der Waals surface area contributed by atoms with Crippen molar-refractivity contribution in [2.24, 2.45) is 5.10 Å². The molecule has 0 amide bonds. The summed E-state index contributed by atoms with van der Waals surface area (Å²) in [7, 11) is 0. The number of hydrogen-bond donors (Lipinski definition) is 1. The topological polar surface area (TPSA) is 42.2 Å². The first kappa shape index (κ1) is 12.4. The van der Waals surface area contributed by atoms with Gasteiger partial charge in [-0.15, -0.1) is 0 Å². The highest BCUT2D eigenvalue weighted by molar-refractivity contribution is 5.78. The van der Waals surface area contributed by atoms with Crippen LogP contribution in [0.25, 0.3) is 11.0 Å². The van der Waals surface area contributed by atoms with Crippen molar-refractivity contribution in [3.05, 3.63) is 60.2 Å². The number of aromatic nitrogens is 2. The van der Waals surface area contributed by atoms with E-state index >= 15 is 0 Å². The number of hydrazone groups is 1. The minimum atomic E-state index is 0.758. The van der Waals surface area contributed by atoms with Crippen LogP contribution < -0.4 is 5.43 Å². The monoisotopic (exact) mass is 264 g/mol. The molecule has 0 radical (unpaired) electrons. The fourth-order valence-corrected chi connectivity index (χ4v) is 2.21. The van der Waals surface area contributed by atoms with Crippen LogP contribution in [0.5, 0.6) is 0 Å². The third-order valence-corrected chi connectivity index (χ3v) is 3.13. The summed E-state index contributed by atoms with van der Waals surface area (Å²) in [5, 5.41) is 4.08. The SMILES string of the molecule is CC=NNc1nc2ccccc2n1Cc1ccccc1. The molecule has 4 heteroatoms. The Kier molecular flexibility index (Phi) is 3.46. The number of fused-ring (bicyclic) bond motifs is 1. The molecule has 100 valence electrons. The van der Waals surface area contributed by atoms with Crippen LogP contribution in [0.4, 0.5) is 5.95 Å². The lowest BCUT2D eigenvalue weighted by Gasteiger charge is -2.08. The van der Waals surface area contributed by atoms with Crippen molar-refractivity contribution in [1.29, 1.82) is 0 Å². The molecular formula is C16H16N4. The Balaban J connectivity index is 2.06. The number of imidazole rings is 1. The summed E-state index contributed by atoms with van der Waals surface area (Å²) < 4.78 is 2.14. The number of hydrogen-bond acceptors (Lipinski definition) is 3. The van der Waals surface area contributed by atoms with Gasteiger partial charge in [0.25, 0.3) is 0 Å². The third kappa shape index (κ3) is 2.40. The summed E-state index contributed by atoms with van der Waals surface area (Å²) in [5.41, 5.74) is 6.30. The zero-order valence-electron chi connectivity index (χ0n) is 11.3. The molecule has 3 aromatic rings. The number of nitrogens with one attached hydrogen (secondary N) is 1. The van der Waals surface area contributed by atoms with E-state index < -0.39 is 0 Å². The molecule has 0 atom stereocenters. The van der Waals surface area contributed by atoms with Gasteiger partial charge < -0.3 is 4.57 Å². The van der Waals surface area contributed by atoms with E-state index in [1.807, 2.05) is 43.3 Å².